The van der Waals surface area contributed by atoms with E-state index < -0.39 is 0 Å². The van der Waals surface area contributed by atoms with E-state index in [1.807, 2.05) is 79.7 Å². The summed E-state index contributed by atoms with van der Waals surface area (Å²) < 4.78 is 5.40. The van der Waals surface area contributed by atoms with Crippen LogP contribution in [0.4, 0.5) is 22.7 Å². The van der Waals surface area contributed by atoms with Gasteiger partial charge in [-0.3, -0.25) is 9.59 Å². The highest BCUT2D eigenvalue weighted by molar-refractivity contribution is 6.03. The first kappa shape index (κ1) is 23.3. The minimum atomic E-state index is -0.233. The van der Waals surface area contributed by atoms with Crippen LogP contribution >= 0.6 is 0 Å². The predicted molar refractivity (Wildman–Crippen MR) is 136 cm³/mol. The van der Waals surface area contributed by atoms with E-state index >= 15 is 0 Å². The molecule has 0 unspecified atom stereocenters. The average molecular weight is 459 g/mol. The van der Waals surface area contributed by atoms with Gasteiger partial charge in [-0.15, -0.1) is 0 Å². The lowest BCUT2D eigenvalue weighted by Crippen LogP contribution is -2.38. The van der Waals surface area contributed by atoms with Gasteiger partial charge in [0, 0.05) is 36.7 Å². The van der Waals surface area contributed by atoms with Crippen LogP contribution in [0.1, 0.15) is 17.3 Å². The van der Waals surface area contributed by atoms with E-state index in [9.17, 15) is 9.59 Å². The third-order valence-corrected chi connectivity index (χ3v) is 5.74. The van der Waals surface area contributed by atoms with Crippen molar-refractivity contribution in [3.63, 3.8) is 0 Å². The molecule has 2 amide bonds. The van der Waals surface area contributed by atoms with Crippen molar-refractivity contribution >= 4 is 34.6 Å². The predicted octanol–water partition coefficient (Wildman–Crippen LogP) is 4.37. The van der Waals surface area contributed by atoms with Gasteiger partial charge in [0.2, 0.25) is 5.91 Å². The summed E-state index contributed by atoms with van der Waals surface area (Å²) in [6.45, 7) is 5.43. The molecule has 7 heteroatoms. The first-order valence-electron chi connectivity index (χ1n) is 11.6. The van der Waals surface area contributed by atoms with E-state index in [0.29, 0.717) is 23.5 Å². The average Bonchev–Trinajstić information content (AvgIpc) is 2.89. The van der Waals surface area contributed by atoms with Gasteiger partial charge in [0.05, 0.1) is 24.5 Å². The van der Waals surface area contributed by atoms with Crippen molar-refractivity contribution < 1.29 is 14.3 Å². The Bertz CT molecular complexity index is 1100. The second-order valence-corrected chi connectivity index (χ2v) is 8.05. The SMILES string of the molecule is CCN(CC(=O)Nc1ccc(N2CCOCC2)cc1)C(=O)c1ccccc1Nc1ccccc1. The number of benzene rings is 3. The number of hydrogen-bond donors (Lipinski definition) is 2. The van der Waals surface area contributed by atoms with E-state index in [0.717, 1.165) is 37.7 Å². The zero-order valence-corrected chi connectivity index (χ0v) is 19.4. The molecule has 0 aliphatic carbocycles. The number of nitrogens with one attached hydrogen (secondary N) is 2. The summed E-state index contributed by atoms with van der Waals surface area (Å²) in [4.78, 5) is 29.8. The van der Waals surface area contributed by atoms with Gasteiger partial charge in [0.15, 0.2) is 0 Å². The van der Waals surface area contributed by atoms with Crippen LogP contribution in [0.3, 0.4) is 0 Å². The second-order valence-electron chi connectivity index (χ2n) is 8.05. The maximum Gasteiger partial charge on any atom is 0.256 e. The number of carbonyl (C=O) groups is 2. The van der Waals surface area contributed by atoms with E-state index in [4.69, 9.17) is 4.74 Å². The van der Waals surface area contributed by atoms with Gasteiger partial charge < -0.3 is 25.2 Å². The van der Waals surface area contributed by atoms with E-state index in [1.165, 1.54) is 0 Å². The van der Waals surface area contributed by atoms with E-state index in [-0.39, 0.29) is 18.4 Å². The molecule has 1 saturated heterocycles. The molecule has 1 heterocycles. The van der Waals surface area contributed by atoms with Crippen LogP contribution in [0.15, 0.2) is 78.9 Å². The number of rotatable bonds is 8. The van der Waals surface area contributed by atoms with Crippen molar-refractivity contribution in [2.24, 2.45) is 0 Å². The summed E-state index contributed by atoms with van der Waals surface area (Å²) in [5.74, 6) is -0.429. The van der Waals surface area contributed by atoms with Gasteiger partial charge in [0.1, 0.15) is 6.54 Å². The van der Waals surface area contributed by atoms with Crippen molar-refractivity contribution in [2.45, 2.75) is 6.92 Å². The summed E-state index contributed by atoms with van der Waals surface area (Å²) in [5.41, 5.74) is 3.93. The largest absolute Gasteiger partial charge is 0.378 e. The maximum atomic E-state index is 13.3. The van der Waals surface area contributed by atoms with Crippen LogP contribution in [0, 0.1) is 0 Å². The van der Waals surface area contributed by atoms with E-state index in [1.54, 1.807) is 11.0 Å². The fraction of sp³-hybridized carbons (Fsp3) is 0.259. The maximum absolute atomic E-state index is 13.3. The highest BCUT2D eigenvalue weighted by Crippen LogP contribution is 2.23. The van der Waals surface area contributed by atoms with Crippen molar-refractivity contribution in [1.82, 2.24) is 4.90 Å². The summed E-state index contributed by atoms with van der Waals surface area (Å²) in [5, 5.41) is 6.20. The fourth-order valence-corrected chi connectivity index (χ4v) is 3.90. The fourth-order valence-electron chi connectivity index (χ4n) is 3.90. The summed E-state index contributed by atoms with van der Waals surface area (Å²) in [6.07, 6.45) is 0. The molecule has 0 bridgehead atoms. The monoisotopic (exact) mass is 458 g/mol. The molecule has 3 aromatic rings. The highest BCUT2D eigenvalue weighted by Gasteiger charge is 2.20. The molecular weight excluding hydrogens is 428 g/mol. The number of likely N-dealkylation sites (N-methyl/N-ethyl adjacent to an activating group) is 1. The van der Waals surface area contributed by atoms with Gasteiger partial charge in [-0.2, -0.15) is 0 Å². The van der Waals surface area contributed by atoms with Crippen LogP contribution in [-0.2, 0) is 9.53 Å². The Morgan fingerprint density at radius 1 is 0.882 bits per heavy atom. The normalized spacial score (nSPS) is 13.3. The number of nitrogens with zero attached hydrogens (tertiary/aromatic N) is 2. The Morgan fingerprint density at radius 2 is 1.56 bits per heavy atom. The van der Waals surface area contributed by atoms with Gasteiger partial charge in [-0.25, -0.2) is 0 Å². The third-order valence-electron chi connectivity index (χ3n) is 5.74. The third kappa shape index (κ3) is 5.94. The van der Waals surface area contributed by atoms with Crippen molar-refractivity contribution in [3.05, 3.63) is 84.4 Å². The molecule has 1 aliphatic rings. The number of carbonyl (C=O) groups excluding carboxylic acids is 2. The number of amides is 2. The summed E-state index contributed by atoms with van der Waals surface area (Å²) in [7, 11) is 0. The van der Waals surface area contributed by atoms with Gasteiger partial charge in [0.25, 0.3) is 5.91 Å². The van der Waals surface area contributed by atoms with Crippen molar-refractivity contribution in [2.75, 3.05) is 54.9 Å². The molecule has 1 aliphatic heterocycles. The molecule has 7 nitrogen and oxygen atoms in total. The molecule has 0 radical (unpaired) electrons. The molecule has 0 spiro atoms. The lowest BCUT2D eigenvalue weighted by molar-refractivity contribution is -0.116. The molecule has 4 rings (SSSR count). The number of ether oxygens (including phenoxy) is 1. The molecule has 0 saturated carbocycles. The van der Waals surface area contributed by atoms with Crippen LogP contribution < -0.4 is 15.5 Å². The van der Waals surface area contributed by atoms with Crippen LogP contribution in [0.25, 0.3) is 0 Å². The van der Waals surface area contributed by atoms with Crippen molar-refractivity contribution in [1.29, 1.82) is 0 Å². The Kier molecular flexibility index (Phi) is 7.78. The Labute approximate surface area is 200 Å². The zero-order valence-electron chi connectivity index (χ0n) is 19.4. The van der Waals surface area contributed by atoms with Crippen LogP contribution in [0.5, 0.6) is 0 Å². The zero-order chi connectivity index (χ0) is 23.8. The molecule has 0 aromatic heterocycles. The van der Waals surface area contributed by atoms with Gasteiger partial charge in [-0.1, -0.05) is 30.3 Å². The summed E-state index contributed by atoms with van der Waals surface area (Å²) >= 11 is 0. The highest BCUT2D eigenvalue weighted by atomic mass is 16.5. The second kappa shape index (κ2) is 11.3. The molecule has 1 fully saturated rings. The number of morpholine rings is 1. The molecule has 0 atom stereocenters. The Hall–Kier alpha value is -3.84. The standard InChI is InChI=1S/C27H30N4O3/c1-2-30(27(33)24-10-6-7-11-25(24)28-21-8-4-3-5-9-21)20-26(32)29-22-12-14-23(15-13-22)31-16-18-34-19-17-31/h3-15,28H,2,16-20H2,1H3,(H,29,32). The lowest BCUT2D eigenvalue weighted by atomic mass is 10.1. The van der Waals surface area contributed by atoms with E-state index in [2.05, 4.69) is 15.5 Å². The molecule has 176 valence electrons. The number of hydrogen-bond acceptors (Lipinski definition) is 5. The quantitative estimate of drug-likeness (QED) is 0.525. The number of para-hydroxylation sites is 2. The smallest absolute Gasteiger partial charge is 0.256 e. The molecule has 3 aromatic carbocycles. The minimum absolute atomic E-state index is 0.0276. The van der Waals surface area contributed by atoms with Crippen LogP contribution in [-0.4, -0.2) is 56.1 Å². The Balaban J connectivity index is 1.39. The topological polar surface area (TPSA) is 73.9 Å². The first-order valence-corrected chi connectivity index (χ1v) is 11.6. The van der Waals surface area contributed by atoms with Gasteiger partial charge in [-0.05, 0) is 55.5 Å². The van der Waals surface area contributed by atoms with Crippen LogP contribution in [0.2, 0.25) is 0 Å². The number of anilines is 4. The van der Waals surface area contributed by atoms with Gasteiger partial charge >= 0.3 is 0 Å². The first-order chi connectivity index (χ1) is 16.6. The summed E-state index contributed by atoms with van der Waals surface area (Å²) in [6, 6.07) is 24.8. The Morgan fingerprint density at radius 3 is 2.26 bits per heavy atom. The minimum Gasteiger partial charge on any atom is -0.378 e. The lowest BCUT2D eigenvalue weighted by Gasteiger charge is -2.29. The molecular formula is C27H30N4O3. The van der Waals surface area contributed by atoms with Crippen molar-refractivity contribution in [3.8, 4) is 0 Å². The molecule has 34 heavy (non-hydrogen) atoms. The molecule has 2 N–H and O–H groups in total.